The maximum Gasteiger partial charge on any atom is 0.408 e. The van der Waals surface area contributed by atoms with Crippen LogP contribution in [0.2, 0.25) is 0 Å². The van der Waals surface area contributed by atoms with Crippen molar-refractivity contribution in [1.82, 2.24) is 5.32 Å². The number of aliphatic hydroxyl groups excluding tert-OH is 1. The number of halogens is 1. The number of amides is 1. The molecule has 0 saturated carbocycles. The molecule has 158 valence electrons. The van der Waals surface area contributed by atoms with Gasteiger partial charge in [0.05, 0.1) is 6.04 Å². The number of aliphatic hydroxyl groups is 1. The third-order valence-corrected chi connectivity index (χ3v) is 4.18. The minimum absolute atomic E-state index is 0.0813. The summed E-state index contributed by atoms with van der Waals surface area (Å²) >= 11 is 3.35. The second-order valence-corrected chi connectivity index (χ2v) is 8.89. The zero-order valence-corrected chi connectivity index (χ0v) is 18.5. The highest BCUT2D eigenvalue weighted by molar-refractivity contribution is 9.10. The summed E-state index contributed by atoms with van der Waals surface area (Å²) in [5.74, 6) is -4.18. The number of benzene rings is 1. The van der Waals surface area contributed by atoms with E-state index >= 15 is 0 Å². The summed E-state index contributed by atoms with van der Waals surface area (Å²) in [5.41, 5.74) is -0.717. The van der Waals surface area contributed by atoms with E-state index < -0.39 is 46.8 Å². The summed E-state index contributed by atoms with van der Waals surface area (Å²) in [4.78, 5) is 36.9. The van der Waals surface area contributed by atoms with Crippen molar-refractivity contribution in [2.75, 3.05) is 0 Å². The molecule has 2 rings (SSSR count). The van der Waals surface area contributed by atoms with Gasteiger partial charge >= 0.3 is 18.0 Å². The average molecular weight is 470 g/mol. The molecule has 0 aromatic heterocycles. The highest BCUT2D eigenvalue weighted by Gasteiger charge is 2.42. The molecule has 1 saturated heterocycles. The zero-order valence-electron chi connectivity index (χ0n) is 16.9. The van der Waals surface area contributed by atoms with E-state index in [1.807, 2.05) is 6.07 Å². The molecule has 29 heavy (non-hydrogen) atoms. The molecule has 1 heterocycles. The third kappa shape index (κ3) is 6.49. The van der Waals surface area contributed by atoms with E-state index in [0.717, 1.165) is 10.0 Å². The van der Waals surface area contributed by atoms with Crippen molar-refractivity contribution in [3.63, 3.8) is 0 Å². The molecule has 1 unspecified atom stereocenters. The molecular weight excluding hydrogens is 446 g/mol. The maximum atomic E-state index is 12.3. The molecule has 1 aliphatic heterocycles. The number of alkyl carbamates (subject to hydrolysis) is 1. The third-order valence-electron chi connectivity index (χ3n) is 3.69. The second kappa shape index (κ2) is 8.44. The van der Waals surface area contributed by atoms with Crippen LogP contribution < -0.4 is 5.32 Å². The van der Waals surface area contributed by atoms with E-state index in [9.17, 15) is 19.5 Å². The summed E-state index contributed by atoms with van der Waals surface area (Å²) in [7, 11) is 0. The second-order valence-electron chi connectivity index (χ2n) is 7.97. The van der Waals surface area contributed by atoms with Crippen LogP contribution in [0, 0.1) is 0 Å². The Bertz CT molecular complexity index is 833. The van der Waals surface area contributed by atoms with Gasteiger partial charge in [-0.05, 0) is 38.5 Å². The Balaban J connectivity index is 2.38. The Morgan fingerprint density at radius 3 is 2.34 bits per heavy atom. The van der Waals surface area contributed by atoms with Crippen molar-refractivity contribution < 1.29 is 33.7 Å². The van der Waals surface area contributed by atoms with Crippen LogP contribution in [0.1, 0.15) is 40.2 Å². The minimum atomic E-state index is -1.45. The van der Waals surface area contributed by atoms with E-state index in [1.54, 1.807) is 39.0 Å². The fourth-order valence-electron chi connectivity index (χ4n) is 2.60. The van der Waals surface area contributed by atoms with Crippen molar-refractivity contribution in [2.45, 2.75) is 58.5 Å². The number of nitrogens with one attached hydrogen (secondary N) is 1. The first kappa shape index (κ1) is 22.7. The van der Waals surface area contributed by atoms with Crippen LogP contribution in [0.25, 0.3) is 0 Å². The number of cyclic esters (lactones) is 2. The van der Waals surface area contributed by atoms with Crippen LogP contribution in [-0.2, 0) is 30.2 Å². The van der Waals surface area contributed by atoms with E-state index in [2.05, 4.69) is 21.2 Å². The largest absolute Gasteiger partial charge is 0.509 e. The lowest BCUT2D eigenvalue weighted by atomic mass is 10.0. The molecule has 1 aromatic carbocycles. The molecule has 9 heteroatoms. The normalized spacial score (nSPS) is 17.1. The smallest absolute Gasteiger partial charge is 0.408 e. The molecule has 8 nitrogen and oxygen atoms in total. The van der Waals surface area contributed by atoms with Gasteiger partial charge in [0.1, 0.15) is 11.4 Å². The molecule has 0 spiro atoms. The van der Waals surface area contributed by atoms with Crippen LogP contribution in [0.5, 0.6) is 0 Å². The predicted molar refractivity (Wildman–Crippen MR) is 107 cm³/mol. The average Bonchev–Trinajstić information content (AvgIpc) is 2.50. The highest BCUT2D eigenvalue weighted by atomic mass is 79.9. The summed E-state index contributed by atoms with van der Waals surface area (Å²) in [6.45, 7) is 7.85. The topological polar surface area (TPSA) is 111 Å². The Kier molecular flexibility index (Phi) is 6.62. The summed E-state index contributed by atoms with van der Waals surface area (Å²) in [5, 5.41) is 13.2. The van der Waals surface area contributed by atoms with Gasteiger partial charge in [-0.2, -0.15) is 0 Å². The standard InChI is InChI=1S/C20H24BrNO7/c1-19(2,3)29-18(26)22-13(10-11-7-6-8-12(21)9-11)15(23)14-16(24)27-20(4,5)28-17(14)25/h6-9,13,23H,10H2,1-5H3,(H,22,26). The van der Waals surface area contributed by atoms with Crippen LogP contribution in [0.3, 0.4) is 0 Å². The van der Waals surface area contributed by atoms with E-state index in [4.69, 9.17) is 14.2 Å². The lowest BCUT2D eigenvalue weighted by molar-refractivity contribution is -0.222. The van der Waals surface area contributed by atoms with Crippen molar-refractivity contribution >= 4 is 34.0 Å². The van der Waals surface area contributed by atoms with Gasteiger partial charge in [-0.3, -0.25) is 0 Å². The van der Waals surface area contributed by atoms with Crippen LogP contribution in [0.4, 0.5) is 4.79 Å². The first-order valence-corrected chi connectivity index (χ1v) is 9.70. The Morgan fingerprint density at radius 2 is 1.83 bits per heavy atom. The lowest BCUT2D eigenvalue weighted by Crippen LogP contribution is -2.46. The van der Waals surface area contributed by atoms with Gasteiger partial charge in [0.15, 0.2) is 5.57 Å². The first-order chi connectivity index (χ1) is 13.3. The summed E-state index contributed by atoms with van der Waals surface area (Å²) in [6, 6.07) is 6.01. The van der Waals surface area contributed by atoms with Crippen molar-refractivity contribution in [1.29, 1.82) is 0 Å². The Labute approximate surface area is 177 Å². The number of carbonyl (C=O) groups is 3. The first-order valence-electron chi connectivity index (χ1n) is 8.91. The van der Waals surface area contributed by atoms with Crippen LogP contribution >= 0.6 is 15.9 Å². The molecule has 1 aromatic rings. The van der Waals surface area contributed by atoms with Gasteiger partial charge in [0.25, 0.3) is 5.79 Å². The molecule has 0 bridgehead atoms. The molecule has 0 radical (unpaired) electrons. The maximum absolute atomic E-state index is 12.3. The number of hydrogen-bond donors (Lipinski definition) is 2. The molecule has 1 amide bonds. The number of carbonyl (C=O) groups excluding carboxylic acids is 3. The Morgan fingerprint density at radius 1 is 1.24 bits per heavy atom. The van der Waals surface area contributed by atoms with Gasteiger partial charge in [0.2, 0.25) is 0 Å². The van der Waals surface area contributed by atoms with Crippen molar-refractivity contribution in [2.24, 2.45) is 0 Å². The molecule has 1 aliphatic rings. The zero-order chi connectivity index (χ0) is 22.0. The van der Waals surface area contributed by atoms with Crippen LogP contribution in [0.15, 0.2) is 40.1 Å². The number of hydrogen-bond acceptors (Lipinski definition) is 7. The van der Waals surface area contributed by atoms with Gasteiger partial charge < -0.3 is 24.6 Å². The predicted octanol–water partition coefficient (Wildman–Crippen LogP) is 3.53. The quantitative estimate of drug-likeness (QED) is 0.300. The summed E-state index contributed by atoms with van der Waals surface area (Å²) in [6.07, 6.45) is -0.736. The highest BCUT2D eigenvalue weighted by Crippen LogP contribution is 2.26. The molecular formula is C20H24BrNO7. The van der Waals surface area contributed by atoms with E-state index in [0.29, 0.717) is 0 Å². The van der Waals surface area contributed by atoms with Gasteiger partial charge in [0, 0.05) is 24.7 Å². The van der Waals surface area contributed by atoms with E-state index in [-0.39, 0.29) is 6.42 Å². The molecule has 2 N–H and O–H groups in total. The van der Waals surface area contributed by atoms with Crippen molar-refractivity contribution in [3.8, 4) is 0 Å². The SMILES string of the molecule is CC(C)(C)OC(=O)NC(Cc1cccc(Br)c1)C(O)=C1C(=O)OC(C)(C)OC1=O. The number of rotatable bonds is 4. The molecule has 1 fully saturated rings. The van der Waals surface area contributed by atoms with Crippen molar-refractivity contribution in [3.05, 3.63) is 45.6 Å². The monoisotopic (exact) mass is 469 g/mol. The fourth-order valence-corrected chi connectivity index (χ4v) is 3.05. The number of esters is 2. The van der Waals surface area contributed by atoms with Gasteiger partial charge in [-0.25, -0.2) is 14.4 Å². The molecule has 1 atom stereocenters. The number of ether oxygens (including phenoxy) is 3. The molecule has 0 aliphatic carbocycles. The van der Waals surface area contributed by atoms with Gasteiger partial charge in [-0.15, -0.1) is 0 Å². The van der Waals surface area contributed by atoms with Gasteiger partial charge in [-0.1, -0.05) is 28.1 Å². The van der Waals surface area contributed by atoms with E-state index in [1.165, 1.54) is 13.8 Å². The van der Waals surface area contributed by atoms with Crippen LogP contribution in [-0.4, -0.2) is 40.6 Å². The minimum Gasteiger partial charge on any atom is -0.509 e. The lowest BCUT2D eigenvalue weighted by Gasteiger charge is -2.31. The Hall–Kier alpha value is -2.55. The summed E-state index contributed by atoms with van der Waals surface area (Å²) < 4.78 is 16.1. The fraction of sp³-hybridized carbons (Fsp3) is 0.450.